The molecule has 8 nitrogen and oxygen atoms in total. The van der Waals surface area contributed by atoms with E-state index in [4.69, 9.17) is 5.73 Å². The van der Waals surface area contributed by atoms with E-state index >= 15 is 0 Å². The van der Waals surface area contributed by atoms with Crippen molar-refractivity contribution in [1.82, 2.24) is 15.0 Å². The lowest BCUT2D eigenvalue weighted by atomic mass is 10.1. The maximum Gasteiger partial charge on any atom is 0.277 e. The first-order valence-electron chi connectivity index (χ1n) is 9.90. The fourth-order valence-corrected chi connectivity index (χ4v) is 3.55. The minimum atomic E-state index is -0.399. The molecule has 2 amide bonds. The lowest BCUT2D eigenvalue weighted by molar-refractivity contribution is 0.101. The third-order valence-corrected chi connectivity index (χ3v) is 5.09. The molecule has 3 aromatic carbocycles. The first kappa shape index (κ1) is 19.3. The summed E-state index contributed by atoms with van der Waals surface area (Å²) in [4.78, 5) is 37.4. The van der Waals surface area contributed by atoms with Gasteiger partial charge in [0.25, 0.3) is 11.8 Å². The summed E-state index contributed by atoms with van der Waals surface area (Å²) in [5.74, 6) is -0.520. The van der Waals surface area contributed by atoms with E-state index in [0.717, 1.165) is 10.8 Å². The summed E-state index contributed by atoms with van der Waals surface area (Å²) in [6.45, 7) is 0. The van der Waals surface area contributed by atoms with Crippen molar-refractivity contribution in [3.8, 4) is 0 Å². The first-order valence-corrected chi connectivity index (χ1v) is 9.90. The zero-order valence-corrected chi connectivity index (χ0v) is 16.8. The van der Waals surface area contributed by atoms with Crippen LogP contribution in [0.25, 0.3) is 21.8 Å². The van der Waals surface area contributed by atoms with Crippen LogP contribution in [0.1, 0.15) is 20.8 Å². The highest BCUT2D eigenvalue weighted by Crippen LogP contribution is 2.23. The second-order valence-corrected chi connectivity index (χ2v) is 7.16. The quantitative estimate of drug-likeness (QED) is 0.323. The number of para-hydroxylation sites is 3. The number of carbonyl (C=O) groups excluding carboxylic acids is 2. The monoisotopic (exact) mass is 422 g/mol. The van der Waals surface area contributed by atoms with Gasteiger partial charge in [0.15, 0.2) is 0 Å². The van der Waals surface area contributed by atoms with Gasteiger partial charge in [-0.1, -0.05) is 42.5 Å². The average Bonchev–Trinajstić information content (AvgIpc) is 3.22. The van der Waals surface area contributed by atoms with E-state index in [-0.39, 0.29) is 11.9 Å². The van der Waals surface area contributed by atoms with Crippen LogP contribution in [0.4, 0.5) is 17.3 Å². The van der Waals surface area contributed by atoms with Gasteiger partial charge in [-0.25, -0.2) is 4.98 Å². The Bertz CT molecular complexity index is 1490. The van der Waals surface area contributed by atoms with E-state index < -0.39 is 5.91 Å². The van der Waals surface area contributed by atoms with Gasteiger partial charge in [-0.2, -0.15) is 0 Å². The topological polar surface area (TPSA) is 126 Å². The molecule has 0 aliphatic rings. The number of rotatable bonds is 4. The van der Waals surface area contributed by atoms with Gasteiger partial charge < -0.3 is 16.0 Å². The van der Waals surface area contributed by atoms with Crippen LogP contribution in [0.3, 0.4) is 0 Å². The highest BCUT2D eigenvalue weighted by Gasteiger charge is 2.17. The van der Waals surface area contributed by atoms with E-state index in [9.17, 15) is 9.59 Å². The molecule has 0 aliphatic heterocycles. The number of H-pyrrole nitrogens is 1. The van der Waals surface area contributed by atoms with Gasteiger partial charge in [-0.3, -0.25) is 19.9 Å². The van der Waals surface area contributed by atoms with Crippen LogP contribution >= 0.6 is 0 Å². The molecule has 5 rings (SSSR count). The van der Waals surface area contributed by atoms with E-state index in [0.29, 0.717) is 33.7 Å². The standard InChI is InChI=1S/C24H18N6O2/c25-17-9-3-4-10-18(17)27-22(31)16-8-5-11-19-20(16)29-24(28-19)30-23(32)21-15-7-2-1-6-14(15)12-13-26-21/h1-13H,25H2,(H,27,31)(H2,28,29,30,32). The number of nitrogens with zero attached hydrogens (tertiary/aromatic N) is 2. The summed E-state index contributed by atoms with van der Waals surface area (Å²) in [5, 5.41) is 7.20. The van der Waals surface area contributed by atoms with Crippen LogP contribution in [-0.4, -0.2) is 26.8 Å². The van der Waals surface area contributed by atoms with Crippen LogP contribution < -0.4 is 16.4 Å². The molecule has 0 saturated carbocycles. The average molecular weight is 422 g/mol. The first-order chi connectivity index (χ1) is 15.6. The van der Waals surface area contributed by atoms with Gasteiger partial charge in [-0.05, 0) is 35.7 Å². The maximum atomic E-state index is 12.9. The molecule has 2 aromatic heterocycles. The highest BCUT2D eigenvalue weighted by molar-refractivity contribution is 6.14. The number of aromatic amines is 1. The molecule has 156 valence electrons. The number of hydrogen-bond donors (Lipinski definition) is 4. The molecular weight excluding hydrogens is 404 g/mol. The number of aromatic nitrogens is 3. The van der Waals surface area contributed by atoms with E-state index in [1.54, 1.807) is 48.7 Å². The van der Waals surface area contributed by atoms with Gasteiger partial charge in [0.05, 0.1) is 28.0 Å². The molecule has 0 fully saturated rings. The van der Waals surface area contributed by atoms with Crippen molar-refractivity contribution in [2.75, 3.05) is 16.4 Å². The number of benzene rings is 3. The van der Waals surface area contributed by atoms with Crippen LogP contribution in [0.15, 0.2) is 79.0 Å². The summed E-state index contributed by atoms with van der Waals surface area (Å²) in [7, 11) is 0. The Morgan fingerprint density at radius 3 is 2.53 bits per heavy atom. The fourth-order valence-electron chi connectivity index (χ4n) is 3.55. The van der Waals surface area contributed by atoms with Crippen molar-refractivity contribution < 1.29 is 9.59 Å². The number of anilines is 3. The van der Waals surface area contributed by atoms with E-state index in [2.05, 4.69) is 25.6 Å². The Kier molecular flexibility index (Phi) is 4.72. The smallest absolute Gasteiger partial charge is 0.277 e. The Morgan fingerprint density at radius 2 is 1.66 bits per heavy atom. The van der Waals surface area contributed by atoms with Gasteiger partial charge >= 0.3 is 0 Å². The fraction of sp³-hybridized carbons (Fsp3) is 0. The number of carbonyl (C=O) groups is 2. The van der Waals surface area contributed by atoms with Gasteiger partial charge in [0.1, 0.15) is 5.69 Å². The Morgan fingerprint density at radius 1 is 0.844 bits per heavy atom. The Labute approximate surface area is 182 Å². The maximum absolute atomic E-state index is 12.9. The predicted octanol–water partition coefficient (Wildman–Crippen LogP) is 4.20. The van der Waals surface area contributed by atoms with Crippen molar-refractivity contribution in [3.63, 3.8) is 0 Å². The molecule has 8 heteroatoms. The molecule has 0 bridgehead atoms. The van der Waals surface area contributed by atoms with Gasteiger partial charge in [0, 0.05) is 11.6 Å². The molecule has 5 N–H and O–H groups in total. The summed E-state index contributed by atoms with van der Waals surface area (Å²) in [5.41, 5.74) is 8.62. The Balaban J connectivity index is 1.45. The molecular formula is C24H18N6O2. The number of hydrogen-bond acceptors (Lipinski definition) is 5. The molecule has 32 heavy (non-hydrogen) atoms. The van der Waals surface area contributed by atoms with E-state index in [1.807, 2.05) is 30.3 Å². The van der Waals surface area contributed by atoms with Crippen LogP contribution in [0.5, 0.6) is 0 Å². The molecule has 0 saturated heterocycles. The minimum Gasteiger partial charge on any atom is -0.397 e. The highest BCUT2D eigenvalue weighted by atomic mass is 16.2. The van der Waals surface area contributed by atoms with Crippen LogP contribution in [0, 0.1) is 0 Å². The van der Waals surface area contributed by atoms with Crippen molar-refractivity contribution >= 4 is 50.9 Å². The summed E-state index contributed by atoms with van der Waals surface area (Å²) in [6, 6.07) is 21.5. The van der Waals surface area contributed by atoms with Crippen LogP contribution in [-0.2, 0) is 0 Å². The molecule has 0 unspecified atom stereocenters. The largest absolute Gasteiger partial charge is 0.397 e. The lowest BCUT2D eigenvalue weighted by Crippen LogP contribution is -2.15. The van der Waals surface area contributed by atoms with Crippen LogP contribution in [0.2, 0.25) is 0 Å². The zero-order valence-electron chi connectivity index (χ0n) is 16.8. The van der Waals surface area contributed by atoms with Crippen molar-refractivity contribution in [1.29, 1.82) is 0 Å². The molecule has 0 aliphatic carbocycles. The summed E-state index contributed by atoms with van der Waals surface area (Å²) >= 11 is 0. The predicted molar refractivity (Wildman–Crippen MR) is 125 cm³/mol. The van der Waals surface area contributed by atoms with Gasteiger partial charge in [-0.15, -0.1) is 0 Å². The summed E-state index contributed by atoms with van der Waals surface area (Å²) < 4.78 is 0. The third-order valence-electron chi connectivity index (χ3n) is 5.09. The number of nitrogen functional groups attached to an aromatic ring is 1. The molecule has 2 heterocycles. The van der Waals surface area contributed by atoms with Gasteiger partial charge in [0.2, 0.25) is 5.95 Å². The van der Waals surface area contributed by atoms with Crippen molar-refractivity contribution in [2.24, 2.45) is 0 Å². The van der Waals surface area contributed by atoms with Crippen molar-refractivity contribution in [2.45, 2.75) is 0 Å². The number of pyridine rings is 1. The molecule has 0 radical (unpaired) electrons. The second-order valence-electron chi connectivity index (χ2n) is 7.16. The SMILES string of the molecule is Nc1ccccc1NC(=O)c1cccc2nc(NC(=O)c3nccc4ccccc34)[nH]c12. The number of imidazole rings is 1. The second kappa shape index (κ2) is 7.84. The number of nitrogens with two attached hydrogens (primary N) is 1. The molecule has 0 atom stereocenters. The van der Waals surface area contributed by atoms with E-state index in [1.165, 1.54) is 0 Å². The minimum absolute atomic E-state index is 0.221. The lowest BCUT2D eigenvalue weighted by Gasteiger charge is -2.08. The number of amides is 2. The third kappa shape index (κ3) is 3.50. The summed E-state index contributed by atoms with van der Waals surface area (Å²) in [6.07, 6.45) is 1.59. The molecule has 5 aromatic rings. The number of fused-ring (bicyclic) bond motifs is 2. The molecule has 0 spiro atoms. The van der Waals surface area contributed by atoms with Crippen molar-refractivity contribution in [3.05, 3.63) is 90.3 Å². The normalized spacial score (nSPS) is 10.9. The Hall–Kier alpha value is -4.72. The number of nitrogens with one attached hydrogen (secondary N) is 3. The zero-order chi connectivity index (χ0) is 22.1.